The van der Waals surface area contributed by atoms with Gasteiger partial charge >= 0.3 is 0 Å². The fourth-order valence-corrected chi connectivity index (χ4v) is 0.617. The minimum atomic E-state index is 1.30. The van der Waals surface area contributed by atoms with Crippen LogP contribution in [0.3, 0.4) is 0 Å². The first-order valence-corrected chi connectivity index (χ1v) is 3.61. The maximum atomic E-state index is 2.12. The van der Waals surface area contributed by atoms with Gasteiger partial charge in [-0.3, -0.25) is 0 Å². The Labute approximate surface area is 64.0 Å². The van der Waals surface area contributed by atoms with Crippen molar-refractivity contribution in [2.24, 2.45) is 0 Å². The van der Waals surface area contributed by atoms with E-state index in [0.29, 0.717) is 0 Å². The Morgan fingerprint density at radius 1 is 1.00 bits per heavy atom. The highest BCUT2D eigenvalue weighted by atomic mass is 13.8. The van der Waals surface area contributed by atoms with Gasteiger partial charge in [-0.15, -0.1) is 0 Å². The maximum absolute atomic E-state index is 2.12. The van der Waals surface area contributed by atoms with Crippen molar-refractivity contribution in [2.75, 3.05) is 0 Å². The fourth-order valence-electron chi connectivity index (χ4n) is 0.617. The molecule has 0 heterocycles. The van der Waals surface area contributed by atoms with E-state index in [-0.39, 0.29) is 0 Å². The second-order valence-corrected chi connectivity index (χ2v) is 2.65. The number of hydrogen-bond donors (Lipinski definition) is 0. The van der Waals surface area contributed by atoms with Crippen molar-refractivity contribution in [1.82, 2.24) is 0 Å². The van der Waals surface area contributed by atoms with E-state index in [0.717, 1.165) is 0 Å². The number of rotatable bonds is 2. The molecule has 0 rings (SSSR count). The molecule has 10 heavy (non-hydrogen) atoms. The third-order valence-corrected chi connectivity index (χ3v) is 1.11. The van der Waals surface area contributed by atoms with E-state index in [1.54, 1.807) is 0 Å². The van der Waals surface area contributed by atoms with Crippen molar-refractivity contribution in [3.05, 3.63) is 35.5 Å². The Hall–Kier alpha value is -0.780. The van der Waals surface area contributed by atoms with E-state index in [2.05, 4.69) is 39.0 Å². The van der Waals surface area contributed by atoms with Gasteiger partial charge in [-0.05, 0) is 27.7 Å². The van der Waals surface area contributed by atoms with Gasteiger partial charge < -0.3 is 0 Å². The van der Waals surface area contributed by atoms with Gasteiger partial charge in [-0.2, -0.15) is 0 Å². The molecule has 0 unspecified atom stereocenters. The summed E-state index contributed by atoms with van der Waals surface area (Å²) in [4.78, 5) is 0. The summed E-state index contributed by atoms with van der Waals surface area (Å²) in [5, 5.41) is 0. The van der Waals surface area contributed by atoms with Crippen LogP contribution in [0.15, 0.2) is 35.5 Å². The Bertz CT molecular complexity index is 164. The first-order valence-electron chi connectivity index (χ1n) is 3.61. The average Bonchev–Trinajstić information content (AvgIpc) is 1.85. The molecule has 0 bridgehead atoms. The lowest BCUT2D eigenvalue weighted by atomic mass is 10.2. The van der Waals surface area contributed by atoms with Crippen LogP contribution < -0.4 is 0 Å². The topological polar surface area (TPSA) is 0 Å². The SMILES string of the molecule is C/C=C/C(C)=C\C=C(C)C. The third-order valence-electron chi connectivity index (χ3n) is 1.11. The van der Waals surface area contributed by atoms with Crippen LogP contribution in [-0.4, -0.2) is 0 Å². The van der Waals surface area contributed by atoms with Gasteiger partial charge in [0.05, 0.1) is 0 Å². The van der Waals surface area contributed by atoms with Gasteiger partial charge in [0.1, 0.15) is 0 Å². The van der Waals surface area contributed by atoms with Gasteiger partial charge in [-0.1, -0.05) is 35.5 Å². The van der Waals surface area contributed by atoms with Crippen molar-refractivity contribution in [3.8, 4) is 0 Å². The van der Waals surface area contributed by atoms with E-state index < -0.39 is 0 Å². The molecule has 0 fully saturated rings. The molecule has 0 aromatic heterocycles. The monoisotopic (exact) mass is 136 g/mol. The van der Waals surface area contributed by atoms with Crippen molar-refractivity contribution < 1.29 is 0 Å². The van der Waals surface area contributed by atoms with Gasteiger partial charge in [0.2, 0.25) is 0 Å². The fraction of sp³-hybridized carbons (Fsp3) is 0.400. The highest BCUT2D eigenvalue weighted by Gasteiger charge is 1.76. The molecule has 0 heteroatoms. The lowest BCUT2D eigenvalue weighted by molar-refractivity contribution is 1.38. The van der Waals surface area contributed by atoms with Crippen molar-refractivity contribution in [1.29, 1.82) is 0 Å². The van der Waals surface area contributed by atoms with Crippen LogP contribution in [0.1, 0.15) is 27.7 Å². The highest BCUT2D eigenvalue weighted by Crippen LogP contribution is 1.97. The van der Waals surface area contributed by atoms with Gasteiger partial charge in [0, 0.05) is 0 Å². The van der Waals surface area contributed by atoms with Crippen LogP contribution in [-0.2, 0) is 0 Å². The predicted molar refractivity (Wildman–Crippen MR) is 48.0 cm³/mol. The molecule has 0 N–H and O–H groups in total. The Morgan fingerprint density at radius 3 is 2.00 bits per heavy atom. The summed E-state index contributed by atoms with van der Waals surface area (Å²) in [6.07, 6.45) is 8.38. The summed E-state index contributed by atoms with van der Waals surface area (Å²) in [5.41, 5.74) is 2.63. The quantitative estimate of drug-likeness (QED) is 0.510. The lowest BCUT2D eigenvalue weighted by Crippen LogP contribution is -1.66. The largest absolute Gasteiger partial charge is 0.0874 e. The van der Waals surface area contributed by atoms with E-state index in [1.807, 2.05) is 13.0 Å². The summed E-state index contributed by atoms with van der Waals surface area (Å²) in [6, 6.07) is 0. The van der Waals surface area contributed by atoms with Crippen molar-refractivity contribution in [3.63, 3.8) is 0 Å². The summed E-state index contributed by atoms with van der Waals surface area (Å²) in [6.45, 7) is 8.32. The second kappa shape index (κ2) is 5.04. The van der Waals surface area contributed by atoms with E-state index >= 15 is 0 Å². The number of hydrogen-bond acceptors (Lipinski definition) is 0. The molecule has 0 nitrogen and oxygen atoms in total. The van der Waals surface area contributed by atoms with Crippen LogP contribution >= 0.6 is 0 Å². The van der Waals surface area contributed by atoms with Crippen LogP contribution in [0.5, 0.6) is 0 Å². The summed E-state index contributed by atoms with van der Waals surface area (Å²) < 4.78 is 0. The van der Waals surface area contributed by atoms with Gasteiger partial charge in [0.15, 0.2) is 0 Å². The Kier molecular flexibility index (Phi) is 4.65. The zero-order chi connectivity index (χ0) is 7.98. The molecule has 0 spiro atoms. The molecule has 0 atom stereocenters. The summed E-state index contributed by atoms with van der Waals surface area (Å²) >= 11 is 0. The molecule has 0 amide bonds. The van der Waals surface area contributed by atoms with Crippen LogP contribution in [0.4, 0.5) is 0 Å². The van der Waals surface area contributed by atoms with E-state index in [4.69, 9.17) is 0 Å². The standard InChI is InChI=1S/C10H16/c1-5-6-10(4)8-7-9(2)3/h5-8H,1-4H3/b6-5+,10-8-. The Morgan fingerprint density at radius 2 is 1.60 bits per heavy atom. The highest BCUT2D eigenvalue weighted by molar-refractivity contribution is 5.22. The van der Waals surface area contributed by atoms with E-state index in [9.17, 15) is 0 Å². The van der Waals surface area contributed by atoms with Crippen molar-refractivity contribution in [2.45, 2.75) is 27.7 Å². The van der Waals surface area contributed by atoms with Crippen LogP contribution in [0.2, 0.25) is 0 Å². The smallest absolute Gasteiger partial charge is 0.0398 e. The molecule has 0 saturated carbocycles. The molecular formula is C10H16. The normalized spacial score (nSPS) is 12.2. The molecule has 0 saturated heterocycles. The van der Waals surface area contributed by atoms with Gasteiger partial charge in [-0.25, -0.2) is 0 Å². The van der Waals surface area contributed by atoms with Gasteiger partial charge in [0.25, 0.3) is 0 Å². The molecule has 0 aliphatic carbocycles. The Balaban J connectivity index is 4.05. The first-order chi connectivity index (χ1) is 4.66. The zero-order valence-electron chi connectivity index (χ0n) is 7.31. The molecule has 0 aromatic rings. The zero-order valence-corrected chi connectivity index (χ0v) is 7.31. The number of allylic oxidation sites excluding steroid dienone is 6. The minimum Gasteiger partial charge on any atom is -0.0874 e. The molecule has 0 aliphatic heterocycles. The van der Waals surface area contributed by atoms with Crippen LogP contribution in [0.25, 0.3) is 0 Å². The lowest BCUT2D eigenvalue weighted by Gasteiger charge is -1.87. The minimum absolute atomic E-state index is 1.30. The molecule has 0 radical (unpaired) electrons. The predicted octanol–water partition coefficient (Wildman–Crippen LogP) is 3.48. The maximum Gasteiger partial charge on any atom is -0.0398 e. The first kappa shape index (κ1) is 9.22. The molecule has 0 aromatic carbocycles. The summed E-state index contributed by atoms with van der Waals surface area (Å²) in [5.74, 6) is 0. The molecular weight excluding hydrogens is 120 g/mol. The molecule has 0 aliphatic rings. The third kappa shape index (κ3) is 5.36. The van der Waals surface area contributed by atoms with E-state index in [1.165, 1.54) is 11.1 Å². The van der Waals surface area contributed by atoms with Crippen molar-refractivity contribution >= 4 is 0 Å². The second-order valence-electron chi connectivity index (χ2n) is 2.65. The molecule has 56 valence electrons. The summed E-state index contributed by atoms with van der Waals surface area (Å²) in [7, 11) is 0. The van der Waals surface area contributed by atoms with Crippen LogP contribution in [0, 0.1) is 0 Å². The average molecular weight is 136 g/mol.